The molecular weight excluding hydrogens is 264 g/mol. The molecule has 0 saturated heterocycles. The molecule has 0 N–H and O–H groups in total. The normalized spacial score (nSPS) is 18.1. The van der Waals surface area contributed by atoms with Crippen molar-refractivity contribution in [2.45, 2.75) is 63.8 Å². The van der Waals surface area contributed by atoms with Gasteiger partial charge in [0.2, 0.25) is 10.0 Å². The van der Waals surface area contributed by atoms with Gasteiger partial charge in [0.05, 0.1) is 0 Å². The van der Waals surface area contributed by atoms with E-state index in [1.165, 1.54) is 6.42 Å². The summed E-state index contributed by atoms with van der Waals surface area (Å²) in [6.45, 7) is 5.72. The Morgan fingerprint density at radius 2 is 1.89 bits per heavy atom. The van der Waals surface area contributed by atoms with Crippen molar-refractivity contribution in [3.8, 4) is 0 Å². The van der Waals surface area contributed by atoms with Crippen LogP contribution in [0.2, 0.25) is 0 Å². The summed E-state index contributed by atoms with van der Waals surface area (Å²) in [6, 6.07) is 0.123. The molecule has 1 fully saturated rings. The molecule has 2 rings (SSSR count). The van der Waals surface area contributed by atoms with Gasteiger partial charge in [-0.3, -0.25) is 0 Å². The van der Waals surface area contributed by atoms with Crippen molar-refractivity contribution in [3.63, 3.8) is 0 Å². The van der Waals surface area contributed by atoms with Crippen LogP contribution in [0.1, 0.15) is 50.5 Å². The van der Waals surface area contributed by atoms with Crippen molar-refractivity contribution in [1.82, 2.24) is 9.46 Å². The highest BCUT2D eigenvalue weighted by Gasteiger charge is 2.35. The molecule has 5 nitrogen and oxygen atoms in total. The minimum atomic E-state index is -3.49. The van der Waals surface area contributed by atoms with Crippen LogP contribution in [0.15, 0.2) is 9.42 Å². The fourth-order valence-corrected chi connectivity index (χ4v) is 4.94. The smallest absolute Gasteiger partial charge is 0.248 e. The zero-order chi connectivity index (χ0) is 14.0. The first kappa shape index (κ1) is 14.5. The first-order chi connectivity index (χ1) is 8.98. The van der Waals surface area contributed by atoms with Crippen LogP contribution in [-0.2, 0) is 10.0 Å². The average molecular weight is 286 g/mol. The van der Waals surface area contributed by atoms with E-state index in [0.29, 0.717) is 18.0 Å². The van der Waals surface area contributed by atoms with Gasteiger partial charge in [-0.1, -0.05) is 31.3 Å². The predicted octanol–water partition coefficient (Wildman–Crippen LogP) is 2.63. The molecule has 0 aromatic carbocycles. The van der Waals surface area contributed by atoms with E-state index >= 15 is 0 Å². The number of aromatic nitrogens is 1. The summed E-state index contributed by atoms with van der Waals surface area (Å²) in [4.78, 5) is 0.250. The van der Waals surface area contributed by atoms with Crippen molar-refractivity contribution in [2.75, 3.05) is 6.54 Å². The summed E-state index contributed by atoms with van der Waals surface area (Å²) < 4.78 is 32.2. The van der Waals surface area contributed by atoms with E-state index in [-0.39, 0.29) is 10.9 Å². The number of rotatable bonds is 4. The highest BCUT2D eigenvalue weighted by atomic mass is 32.2. The van der Waals surface area contributed by atoms with E-state index in [1.54, 1.807) is 18.2 Å². The number of sulfonamides is 1. The Morgan fingerprint density at radius 3 is 2.37 bits per heavy atom. The van der Waals surface area contributed by atoms with E-state index < -0.39 is 10.0 Å². The molecular formula is C13H22N2O3S. The minimum absolute atomic E-state index is 0.123. The minimum Gasteiger partial charge on any atom is -0.360 e. The molecule has 0 bridgehead atoms. The number of aryl methyl sites for hydroxylation is 2. The maximum atomic E-state index is 12.8. The molecule has 1 saturated carbocycles. The van der Waals surface area contributed by atoms with Crippen LogP contribution in [0.3, 0.4) is 0 Å². The largest absolute Gasteiger partial charge is 0.360 e. The average Bonchev–Trinajstić information content (AvgIpc) is 2.71. The molecule has 0 amide bonds. The van der Waals surface area contributed by atoms with Crippen molar-refractivity contribution in [2.24, 2.45) is 0 Å². The van der Waals surface area contributed by atoms with E-state index in [2.05, 4.69) is 5.16 Å². The Kier molecular flexibility index (Phi) is 4.30. The maximum Gasteiger partial charge on any atom is 0.248 e. The quantitative estimate of drug-likeness (QED) is 0.853. The van der Waals surface area contributed by atoms with Gasteiger partial charge in [0, 0.05) is 12.6 Å². The molecule has 6 heteroatoms. The fourth-order valence-electron chi connectivity index (χ4n) is 2.95. The summed E-state index contributed by atoms with van der Waals surface area (Å²) in [5, 5.41) is 3.76. The van der Waals surface area contributed by atoms with E-state index in [1.807, 2.05) is 6.92 Å². The zero-order valence-electron chi connectivity index (χ0n) is 11.8. The molecule has 1 heterocycles. The number of nitrogens with zero attached hydrogens (tertiary/aromatic N) is 2. The van der Waals surface area contributed by atoms with Crippen molar-refractivity contribution >= 4 is 10.0 Å². The number of hydrogen-bond donors (Lipinski definition) is 0. The van der Waals surface area contributed by atoms with Crippen LogP contribution >= 0.6 is 0 Å². The standard InChI is InChI=1S/C13H22N2O3S/c1-4-15(12-8-6-5-7-9-12)19(16,17)13-10(2)14-18-11(13)3/h12H,4-9H2,1-3H3. The molecule has 0 atom stereocenters. The van der Waals surface area contributed by atoms with E-state index in [4.69, 9.17) is 4.52 Å². The maximum absolute atomic E-state index is 12.8. The van der Waals surface area contributed by atoms with Crippen LogP contribution in [0.5, 0.6) is 0 Å². The topological polar surface area (TPSA) is 63.4 Å². The molecule has 0 spiro atoms. The SMILES string of the molecule is CCN(C1CCCCC1)S(=O)(=O)c1c(C)noc1C. The highest BCUT2D eigenvalue weighted by molar-refractivity contribution is 7.89. The Hall–Kier alpha value is -0.880. The first-order valence-electron chi connectivity index (χ1n) is 6.93. The Labute approximate surface area is 115 Å². The Bertz CT molecular complexity index is 511. The van der Waals surface area contributed by atoms with Gasteiger partial charge in [-0.2, -0.15) is 4.31 Å². The second kappa shape index (κ2) is 5.63. The van der Waals surface area contributed by atoms with Crippen molar-refractivity contribution in [1.29, 1.82) is 0 Å². The van der Waals surface area contributed by atoms with Gasteiger partial charge >= 0.3 is 0 Å². The molecule has 1 aliphatic rings. The van der Waals surface area contributed by atoms with Gasteiger partial charge in [0.1, 0.15) is 10.6 Å². The molecule has 0 radical (unpaired) electrons. The van der Waals surface area contributed by atoms with Crippen LogP contribution in [0.4, 0.5) is 0 Å². The third kappa shape index (κ3) is 2.69. The predicted molar refractivity (Wildman–Crippen MR) is 72.4 cm³/mol. The molecule has 19 heavy (non-hydrogen) atoms. The summed E-state index contributed by atoms with van der Waals surface area (Å²) in [5.74, 6) is 0.381. The third-order valence-electron chi connectivity index (χ3n) is 3.83. The molecule has 1 aliphatic carbocycles. The van der Waals surface area contributed by atoms with Crippen molar-refractivity contribution < 1.29 is 12.9 Å². The lowest BCUT2D eigenvalue weighted by molar-refractivity contribution is 0.261. The molecule has 1 aromatic rings. The van der Waals surface area contributed by atoms with Crippen LogP contribution < -0.4 is 0 Å². The van der Waals surface area contributed by atoms with Crippen molar-refractivity contribution in [3.05, 3.63) is 11.5 Å². The highest BCUT2D eigenvalue weighted by Crippen LogP contribution is 2.30. The van der Waals surface area contributed by atoms with Gasteiger partial charge in [-0.25, -0.2) is 8.42 Å². The van der Waals surface area contributed by atoms with Crippen LogP contribution in [-0.4, -0.2) is 30.5 Å². The van der Waals surface area contributed by atoms with Gasteiger partial charge in [0.25, 0.3) is 0 Å². The molecule has 1 aromatic heterocycles. The third-order valence-corrected chi connectivity index (χ3v) is 6.10. The zero-order valence-corrected chi connectivity index (χ0v) is 12.7. The molecule has 0 aliphatic heterocycles. The van der Waals surface area contributed by atoms with Gasteiger partial charge < -0.3 is 4.52 Å². The lowest BCUT2D eigenvalue weighted by Crippen LogP contribution is -2.41. The van der Waals surface area contributed by atoms with Gasteiger partial charge in [-0.05, 0) is 26.7 Å². The van der Waals surface area contributed by atoms with E-state index in [0.717, 1.165) is 25.7 Å². The Balaban J connectivity index is 2.36. The summed E-state index contributed by atoms with van der Waals surface area (Å²) >= 11 is 0. The summed E-state index contributed by atoms with van der Waals surface area (Å²) in [5.41, 5.74) is 0.451. The van der Waals surface area contributed by atoms with Gasteiger partial charge in [-0.15, -0.1) is 0 Å². The van der Waals surface area contributed by atoms with Gasteiger partial charge in [0.15, 0.2) is 5.76 Å². The summed E-state index contributed by atoms with van der Waals surface area (Å²) in [6.07, 6.45) is 5.34. The second-order valence-corrected chi connectivity index (χ2v) is 6.98. The fraction of sp³-hybridized carbons (Fsp3) is 0.769. The lowest BCUT2D eigenvalue weighted by Gasteiger charge is -2.32. The van der Waals surface area contributed by atoms with Crippen LogP contribution in [0.25, 0.3) is 0 Å². The summed E-state index contributed by atoms with van der Waals surface area (Å²) in [7, 11) is -3.49. The first-order valence-corrected chi connectivity index (χ1v) is 8.37. The van der Waals surface area contributed by atoms with E-state index in [9.17, 15) is 8.42 Å². The molecule has 0 unspecified atom stereocenters. The lowest BCUT2D eigenvalue weighted by atomic mass is 9.95. The van der Waals surface area contributed by atoms with Crippen LogP contribution in [0, 0.1) is 13.8 Å². The number of hydrogen-bond acceptors (Lipinski definition) is 4. The monoisotopic (exact) mass is 286 g/mol. The molecule has 108 valence electrons. The second-order valence-electron chi connectivity index (χ2n) is 5.15. The Morgan fingerprint density at radius 1 is 1.26 bits per heavy atom.